The normalized spacial score (nSPS) is 16.0. The van der Waals surface area contributed by atoms with Crippen LogP contribution in [0.2, 0.25) is 0 Å². The van der Waals surface area contributed by atoms with Gasteiger partial charge in [0.15, 0.2) is 6.61 Å². The van der Waals surface area contributed by atoms with Gasteiger partial charge in [0.2, 0.25) is 0 Å². The number of esters is 1. The summed E-state index contributed by atoms with van der Waals surface area (Å²) < 4.78 is 10.8. The number of benzene rings is 1. The lowest BCUT2D eigenvalue weighted by atomic mass is 10.0. The first kappa shape index (κ1) is 19.1. The molecule has 29 heavy (non-hydrogen) atoms. The van der Waals surface area contributed by atoms with Crippen LogP contribution in [0.5, 0.6) is 0 Å². The van der Waals surface area contributed by atoms with E-state index in [-0.39, 0.29) is 12.6 Å². The van der Waals surface area contributed by atoms with E-state index in [1.807, 2.05) is 55.6 Å². The third kappa shape index (κ3) is 4.00. The third-order valence-electron chi connectivity index (χ3n) is 4.80. The molecule has 0 bridgehead atoms. The number of ether oxygens (including phenoxy) is 1. The second-order valence-electron chi connectivity index (χ2n) is 6.90. The molecule has 4 rings (SSSR count). The number of rotatable bonds is 5. The Balaban J connectivity index is 1.52. The van der Waals surface area contributed by atoms with Gasteiger partial charge >= 0.3 is 5.97 Å². The highest BCUT2D eigenvalue weighted by molar-refractivity contribution is 7.12. The molecular formula is C22H20N2O4S. The Bertz CT molecular complexity index is 1050. The van der Waals surface area contributed by atoms with E-state index in [1.165, 1.54) is 16.3 Å². The Morgan fingerprint density at radius 3 is 2.66 bits per heavy atom. The van der Waals surface area contributed by atoms with Crippen molar-refractivity contribution in [3.63, 3.8) is 0 Å². The fourth-order valence-corrected chi connectivity index (χ4v) is 4.02. The number of carbonyl (C=O) groups is 2. The number of carbonyl (C=O) groups excluding carboxylic acids is 2. The number of thiophene rings is 1. The van der Waals surface area contributed by atoms with Crippen molar-refractivity contribution in [2.75, 3.05) is 6.61 Å². The second kappa shape index (κ2) is 8.05. The maximum absolute atomic E-state index is 12.8. The van der Waals surface area contributed by atoms with E-state index in [2.05, 4.69) is 5.10 Å². The van der Waals surface area contributed by atoms with E-state index in [9.17, 15) is 9.59 Å². The van der Waals surface area contributed by atoms with Gasteiger partial charge < -0.3 is 9.15 Å². The zero-order valence-electron chi connectivity index (χ0n) is 16.1. The minimum atomic E-state index is -0.498. The average Bonchev–Trinajstić information content (AvgIpc) is 3.46. The molecule has 7 heteroatoms. The van der Waals surface area contributed by atoms with E-state index in [0.29, 0.717) is 17.1 Å². The number of hydrogen-bond acceptors (Lipinski definition) is 6. The van der Waals surface area contributed by atoms with Gasteiger partial charge in [0.1, 0.15) is 16.7 Å². The number of furan rings is 1. The zero-order chi connectivity index (χ0) is 20.4. The van der Waals surface area contributed by atoms with Crippen LogP contribution in [-0.2, 0) is 9.53 Å². The van der Waals surface area contributed by atoms with Gasteiger partial charge in [0.05, 0.1) is 12.0 Å². The molecule has 1 atom stereocenters. The first-order chi connectivity index (χ1) is 14.0. The Morgan fingerprint density at radius 1 is 1.21 bits per heavy atom. The lowest BCUT2D eigenvalue weighted by Crippen LogP contribution is -2.31. The lowest BCUT2D eigenvalue weighted by Gasteiger charge is -2.19. The van der Waals surface area contributed by atoms with Crippen LogP contribution in [0.3, 0.4) is 0 Å². The summed E-state index contributed by atoms with van der Waals surface area (Å²) in [6, 6.07) is 13.1. The highest BCUT2D eigenvalue weighted by atomic mass is 32.1. The fourth-order valence-electron chi connectivity index (χ4n) is 3.20. The second-order valence-corrected chi connectivity index (χ2v) is 7.81. The minimum Gasteiger partial charge on any atom is -0.467 e. The van der Waals surface area contributed by atoms with E-state index in [4.69, 9.17) is 9.15 Å². The van der Waals surface area contributed by atoms with Gasteiger partial charge in [0, 0.05) is 6.42 Å². The summed E-state index contributed by atoms with van der Waals surface area (Å²) in [4.78, 5) is 25.6. The fraction of sp³-hybridized carbons (Fsp3) is 0.227. The SMILES string of the molecule is Cc1ccc(C2=NN(C(=O)COC(=O)c3sccc3C)[C@@H](c3ccco3)C2)cc1. The molecule has 1 aromatic carbocycles. The van der Waals surface area contributed by atoms with Gasteiger partial charge in [-0.2, -0.15) is 5.10 Å². The molecule has 0 radical (unpaired) electrons. The van der Waals surface area contributed by atoms with E-state index in [0.717, 1.165) is 22.4 Å². The van der Waals surface area contributed by atoms with Crippen molar-refractivity contribution in [3.05, 3.63) is 81.4 Å². The largest absolute Gasteiger partial charge is 0.467 e. The van der Waals surface area contributed by atoms with Crippen LogP contribution < -0.4 is 0 Å². The molecule has 1 amide bonds. The predicted octanol–water partition coefficient (Wildman–Crippen LogP) is 4.49. The van der Waals surface area contributed by atoms with Gasteiger partial charge in [-0.3, -0.25) is 4.79 Å². The molecule has 1 aliphatic rings. The molecule has 0 spiro atoms. The third-order valence-corrected chi connectivity index (χ3v) is 5.79. The van der Waals surface area contributed by atoms with Gasteiger partial charge in [-0.25, -0.2) is 9.80 Å². The number of amides is 1. The van der Waals surface area contributed by atoms with Crippen molar-refractivity contribution in [1.82, 2.24) is 5.01 Å². The summed E-state index contributed by atoms with van der Waals surface area (Å²) in [5, 5.41) is 7.72. The van der Waals surface area contributed by atoms with Crippen molar-refractivity contribution in [2.24, 2.45) is 5.10 Å². The summed E-state index contributed by atoms with van der Waals surface area (Å²) >= 11 is 1.30. The number of hydrazone groups is 1. The van der Waals surface area contributed by atoms with E-state index < -0.39 is 11.9 Å². The van der Waals surface area contributed by atoms with Crippen LogP contribution >= 0.6 is 11.3 Å². The number of hydrogen-bond donors (Lipinski definition) is 0. The Hall–Kier alpha value is -3.19. The van der Waals surface area contributed by atoms with Crippen molar-refractivity contribution in [1.29, 1.82) is 0 Å². The molecule has 3 aromatic rings. The molecule has 0 fully saturated rings. The molecular weight excluding hydrogens is 388 g/mol. The predicted molar refractivity (Wildman–Crippen MR) is 110 cm³/mol. The molecule has 1 aliphatic heterocycles. The summed E-state index contributed by atoms with van der Waals surface area (Å²) in [6.45, 7) is 3.48. The Kier molecular flexibility index (Phi) is 5.31. The summed E-state index contributed by atoms with van der Waals surface area (Å²) in [5.41, 5.74) is 3.73. The molecule has 148 valence electrons. The Morgan fingerprint density at radius 2 is 2.00 bits per heavy atom. The van der Waals surface area contributed by atoms with Crippen molar-refractivity contribution < 1.29 is 18.7 Å². The summed E-state index contributed by atoms with van der Waals surface area (Å²) in [7, 11) is 0. The lowest BCUT2D eigenvalue weighted by molar-refractivity contribution is -0.136. The van der Waals surface area contributed by atoms with Crippen LogP contribution in [0.15, 0.2) is 63.6 Å². The smallest absolute Gasteiger partial charge is 0.349 e. The van der Waals surface area contributed by atoms with E-state index >= 15 is 0 Å². The topological polar surface area (TPSA) is 72.1 Å². The maximum atomic E-state index is 12.8. The summed E-state index contributed by atoms with van der Waals surface area (Å²) in [5.74, 6) is -0.247. The van der Waals surface area contributed by atoms with Crippen LogP contribution in [0.25, 0.3) is 0 Å². The zero-order valence-corrected chi connectivity index (χ0v) is 16.9. The van der Waals surface area contributed by atoms with Crippen molar-refractivity contribution in [2.45, 2.75) is 26.3 Å². The van der Waals surface area contributed by atoms with Crippen molar-refractivity contribution in [3.8, 4) is 0 Å². The molecule has 0 saturated carbocycles. The number of nitrogens with zero attached hydrogens (tertiary/aromatic N) is 2. The standard InChI is InChI=1S/C22H20N2O4S/c1-14-5-7-16(8-6-14)17-12-18(19-4-3-10-27-19)24(23-17)20(25)13-28-22(26)21-15(2)9-11-29-21/h3-11,18H,12-13H2,1-2H3/t18-/m1/s1. The average molecular weight is 408 g/mol. The molecule has 0 unspecified atom stereocenters. The molecule has 6 nitrogen and oxygen atoms in total. The van der Waals surface area contributed by atoms with Crippen molar-refractivity contribution >= 4 is 28.9 Å². The van der Waals surface area contributed by atoms with Crippen LogP contribution in [-0.4, -0.2) is 29.2 Å². The minimum absolute atomic E-state index is 0.365. The molecule has 2 aromatic heterocycles. The number of aryl methyl sites for hydroxylation is 2. The van der Waals surface area contributed by atoms with Crippen LogP contribution in [0.1, 0.15) is 44.6 Å². The Labute approximate surface area is 172 Å². The monoisotopic (exact) mass is 408 g/mol. The van der Waals surface area contributed by atoms with Crippen LogP contribution in [0, 0.1) is 13.8 Å². The first-order valence-electron chi connectivity index (χ1n) is 9.24. The van der Waals surface area contributed by atoms with E-state index in [1.54, 1.807) is 12.3 Å². The molecule has 3 heterocycles. The maximum Gasteiger partial charge on any atom is 0.349 e. The highest BCUT2D eigenvalue weighted by Gasteiger charge is 2.35. The summed E-state index contributed by atoms with van der Waals surface area (Å²) in [6.07, 6.45) is 2.10. The van der Waals surface area contributed by atoms with Gasteiger partial charge in [-0.15, -0.1) is 11.3 Å². The van der Waals surface area contributed by atoms with Gasteiger partial charge in [-0.05, 0) is 48.6 Å². The highest BCUT2D eigenvalue weighted by Crippen LogP contribution is 2.33. The quantitative estimate of drug-likeness (QED) is 0.583. The van der Waals surface area contributed by atoms with Gasteiger partial charge in [0.25, 0.3) is 5.91 Å². The first-order valence-corrected chi connectivity index (χ1v) is 10.1. The van der Waals surface area contributed by atoms with Gasteiger partial charge in [-0.1, -0.05) is 29.8 Å². The van der Waals surface area contributed by atoms with Crippen LogP contribution in [0.4, 0.5) is 0 Å². The molecule has 0 saturated heterocycles. The molecule has 0 aliphatic carbocycles. The molecule has 0 N–H and O–H groups in total.